The van der Waals surface area contributed by atoms with Crippen LogP contribution in [0.1, 0.15) is 11.1 Å². The van der Waals surface area contributed by atoms with E-state index in [0.29, 0.717) is 45.5 Å². The van der Waals surface area contributed by atoms with Gasteiger partial charge in [-0.15, -0.1) is 0 Å². The molecule has 0 atom stereocenters. The molecule has 3 rings (SSSR count). The van der Waals surface area contributed by atoms with Gasteiger partial charge in [0.15, 0.2) is 11.5 Å². The fraction of sp³-hybridized carbons (Fsp3) is 0.182. The summed E-state index contributed by atoms with van der Waals surface area (Å²) in [7, 11) is 3.19. The second-order valence-corrected chi connectivity index (χ2v) is 8.37. The summed E-state index contributed by atoms with van der Waals surface area (Å²) in [5.74, 6) is 1.88. The molecular weight excluding hydrogens is 513 g/mol. The van der Waals surface area contributed by atoms with Gasteiger partial charge in [-0.2, -0.15) is 0 Å². The van der Waals surface area contributed by atoms with Crippen molar-refractivity contribution < 1.29 is 14.2 Å². The summed E-state index contributed by atoms with van der Waals surface area (Å²) >= 11 is 21.9. The van der Waals surface area contributed by atoms with E-state index in [-0.39, 0.29) is 0 Å². The van der Waals surface area contributed by atoms with Crippen LogP contribution in [0.4, 0.5) is 5.69 Å². The third-order valence-corrected chi connectivity index (χ3v) is 6.15. The normalized spacial score (nSPS) is 10.6. The number of halogens is 4. The average Bonchev–Trinajstić information content (AvgIpc) is 2.74. The van der Waals surface area contributed by atoms with Crippen LogP contribution in [0.25, 0.3) is 0 Å². The van der Waals surface area contributed by atoms with Crippen molar-refractivity contribution in [1.82, 2.24) is 0 Å². The Labute approximate surface area is 199 Å². The third kappa shape index (κ3) is 5.46. The lowest BCUT2D eigenvalue weighted by Crippen LogP contribution is -2.06. The molecule has 0 saturated heterocycles. The van der Waals surface area contributed by atoms with Crippen LogP contribution in [0.2, 0.25) is 15.1 Å². The van der Waals surface area contributed by atoms with Crippen molar-refractivity contribution in [3.8, 4) is 17.2 Å². The maximum absolute atomic E-state index is 6.22. The zero-order valence-electron chi connectivity index (χ0n) is 16.3. The quantitative estimate of drug-likeness (QED) is 0.325. The van der Waals surface area contributed by atoms with Crippen LogP contribution in [0, 0.1) is 0 Å². The predicted molar refractivity (Wildman–Crippen MR) is 127 cm³/mol. The summed E-state index contributed by atoms with van der Waals surface area (Å²) < 4.78 is 17.7. The van der Waals surface area contributed by atoms with Crippen LogP contribution < -0.4 is 19.5 Å². The van der Waals surface area contributed by atoms with Gasteiger partial charge in [-0.05, 0) is 48.0 Å². The van der Waals surface area contributed by atoms with Gasteiger partial charge in [0.1, 0.15) is 12.4 Å². The van der Waals surface area contributed by atoms with Gasteiger partial charge in [0, 0.05) is 22.3 Å². The van der Waals surface area contributed by atoms with Gasteiger partial charge in [-0.3, -0.25) is 0 Å². The Morgan fingerprint density at radius 2 is 1.57 bits per heavy atom. The van der Waals surface area contributed by atoms with Gasteiger partial charge in [-0.1, -0.05) is 56.8 Å². The molecule has 0 spiro atoms. The lowest BCUT2D eigenvalue weighted by atomic mass is 10.1. The van der Waals surface area contributed by atoms with E-state index in [4.69, 9.17) is 49.0 Å². The summed E-state index contributed by atoms with van der Waals surface area (Å²) in [5, 5.41) is 4.87. The molecule has 1 N–H and O–H groups in total. The summed E-state index contributed by atoms with van der Waals surface area (Å²) in [6.45, 7) is 0.794. The molecule has 4 nitrogen and oxygen atoms in total. The minimum absolute atomic E-state index is 0.311. The average molecular weight is 532 g/mol. The van der Waals surface area contributed by atoms with Gasteiger partial charge < -0.3 is 19.5 Å². The number of rotatable bonds is 8. The molecule has 0 aromatic heterocycles. The second kappa shape index (κ2) is 10.5. The fourth-order valence-electron chi connectivity index (χ4n) is 2.82. The molecule has 0 saturated carbocycles. The van der Waals surface area contributed by atoms with Gasteiger partial charge in [0.2, 0.25) is 0 Å². The summed E-state index contributed by atoms with van der Waals surface area (Å²) in [4.78, 5) is 0. The zero-order chi connectivity index (χ0) is 21.7. The lowest BCUT2D eigenvalue weighted by Gasteiger charge is -2.18. The molecule has 8 heteroatoms. The van der Waals surface area contributed by atoms with E-state index in [1.807, 2.05) is 36.4 Å². The Morgan fingerprint density at radius 1 is 0.833 bits per heavy atom. The van der Waals surface area contributed by atoms with E-state index < -0.39 is 0 Å². The molecule has 158 valence electrons. The molecule has 0 bridgehead atoms. The molecule has 3 aromatic carbocycles. The number of hydrogen-bond acceptors (Lipinski definition) is 4. The van der Waals surface area contributed by atoms with E-state index in [2.05, 4.69) is 21.2 Å². The van der Waals surface area contributed by atoms with E-state index in [0.717, 1.165) is 21.3 Å². The first-order valence-electron chi connectivity index (χ1n) is 8.92. The number of hydrogen-bond donors (Lipinski definition) is 1. The number of benzene rings is 3. The topological polar surface area (TPSA) is 39.7 Å². The Hall–Kier alpha value is -1.79. The van der Waals surface area contributed by atoms with Gasteiger partial charge in [-0.25, -0.2) is 0 Å². The predicted octanol–water partition coefficient (Wildman–Crippen LogP) is 7.62. The molecule has 0 aliphatic rings. The SMILES string of the molecule is COc1ccc(NCc2c(Br)ccc(OC)c2OCc2ccc(Cl)c(Cl)c2)cc1Cl. The molecule has 0 heterocycles. The van der Waals surface area contributed by atoms with Crippen LogP contribution in [0.5, 0.6) is 17.2 Å². The van der Waals surface area contributed by atoms with Crippen LogP contribution in [0.3, 0.4) is 0 Å². The monoisotopic (exact) mass is 529 g/mol. The van der Waals surface area contributed by atoms with E-state index in [1.165, 1.54) is 0 Å². The smallest absolute Gasteiger partial charge is 0.167 e. The van der Waals surface area contributed by atoms with E-state index >= 15 is 0 Å². The maximum Gasteiger partial charge on any atom is 0.167 e. The molecule has 3 aromatic rings. The van der Waals surface area contributed by atoms with E-state index in [1.54, 1.807) is 26.4 Å². The Morgan fingerprint density at radius 3 is 2.23 bits per heavy atom. The molecule has 30 heavy (non-hydrogen) atoms. The number of anilines is 1. The summed E-state index contributed by atoms with van der Waals surface area (Å²) in [6, 6.07) is 14.7. The maximum atomic E-state index is 6.22. The van der Waals surface area contributed by atoms with Crippen LogP contribution in [-0.2, 0) is 13.2 Å². The van der Waals surface area contributed by atoms with Crippen molar-refractivity contribution in [3.05, 3.63) is 79.2 Å². The highest BCUT2D eigenvalue weighted by molar-refractivity contribution is 9.10. The van der Waals surface area contributed by atoms with Crippen molar-refractivity contribution in [1.29, 1.82) is 0 Å². The first kappa shape index (κ1) is 22.9. The minimum Gasteiger partial charge on any atom is -0.495 e. The lowest BCUT2D eigenvalue weighted by molar-refractivity contribution is 0.281. The molecule has 0 fully saturated rings. The number of ether oxygens (including phenoxy) is 3. The largest absolute Gasteiger partial charge is 0.495 e. The highest BCUT2D eigenvalue weighted by atomic mass is 79.9. The third-order valence-electron chi connectivity index (χ3n) is 4.38. The fourth-order valence-corrected chi connectivity index (χ4v) is 3.85. The van der Waals surface area contributed by atoms with Gasteiger partial charge in [0.25, 0.3) is 0 Å². The number of methoxy groups -OCH3 is 2. The molecule has 0 radical (unpaired) electrons. The summed E-state index contributed by atoms with van der Waals surface area (Å²) in [6.07, 6.45) is 0. The second-order valence-electron chi connectivity index (χ2n) is 6.30. The van der Waals surface area contributed by atoms with Crippen molar-refractivity contribution in [3.63, 3.8) is 0 Å². The summed E-state index contributed by atoms with van der Waals surface area (Å²) in [5.41, 5.74) is 2.65. The van der Waals surface area contributed by atoms with Crippen LogP contribution in [0.15, 0.2) is 53.0 Å². The molecular formula is C22H19BrCl3NO3. The standard InChI is InChI=1S/C22H19BrCl3NO3/c1-28-20-7-4-14(10-19(20)26)27-11-15-16(23)5-8-21(29-2)22(15)30-12-13-3-6-17(24)18(25)9-13/h3-10,27H,11-12H2,1-2H3. The molecule has 0 aliphatic carbocycles. The molecule has 0 unspecified atom stereocenters. The first-order valence-corrected chi connectivity index (χ1v) is 10.8. The van der Waals surface area contributed by atoms with Crippen molar-refractivity contribution >= 4 is 56.4 Å². The van der Waals surface area contributed by atoms with E-state index in [9.17, 15) is 0 Å². The van der Waals surface area contributed by atoms with Crippen molar-refractivity contribution in [2.75, 3.05) is 19.5 Å². The molecule has 0 aliphatic heterocycles. The number of nitrogens with one attached hydrogen (secondary N) is 1. The van der Waals surface area contributed by atoms with Crippen LogP contribution >= 0.6 is 50.7 Å². The highest BCUT2D eigenvalue weighted by Crippen LogP contribution is 2.38. The zero-order valence-corrected chi connectivity index (χ0v) is 20.1. The Bertz CT molecular complexity index is 1050. The Kier molecular flexibility index (Phi) is 8.00. The van der Waals surface area contributed by atoms with Gasteiger partial charge in [0.05, 0.1) is 29.3 Å². The molecule has 0 amide bonds. The van der Waals surface area contributed by atoms with Crippen LogP contribution in [-0.4, -0.2) is 14.2 Å². The van der Waals surface area contributed by atoms with Crippen molar-refractivity contribution in [2.45, 2.75) is 13.2 Å². The Balaban J connectivity index is 1.82. The highest BCUT2D eigenvalue weighted by Gasteiger charge is 2.15. The van der Waals surface area contributed by atoms with Crippen molar-refractivity contribution in [2.24, 2.45) is 0 Å². The first-order chi connectivity index (χ1) is 14.4. The van der Waals surface area contributed by atoms with Gasteiger partial charge >= 0.3 is 0 Å². The minimum atomic E-state index is 0.311.